The minimum Gasteiger partial charge on any atom is -0.389 e. The zero-order chi connectivity index (χ0) is 10.7. The Morgan fingerprint density at radius 1 is 1.27 bits per heavy atom. The number of hydrogen-bond acceptors (Lipinski definition) is 2. The van der Waals surface area contributed by atoms with E-state index in [4.69, 9.17) is 0 Å². The summed E-state index contributed by atoms with van der Waals surface area (Å²) in [5.74, 6) is 0. The van der Waals surface area contributed by atoms with Crippen LogP contribution in [0, 0.1) is 0 Å². The molecule has 1 aromatic rings. The number of para-hydroxylation sites is 1. The number of aliphatic hydroxyl groups excluding tert-OH is 1. The second-order valence-corrected chi connectivity index (χ2v) is 3.94. The second kappa shape index (κ2) is 4.49. The van der Waals surface area contributed by atoms with Crippen LogP contribution in [0.15, 0.2) is 36.4 Å². The fraction of sp³-hybridized carbons (Fsp3) is 0.385. The fourth-order valence-corrected chi connectivity index (χ4v) is 1.99. The predicted molar refractivity (Wildman–Crippen MR) is 63.0 cm³/mol. The van der Waals surface area contributed by atoms with Crippen LogP contribution in [0.1, 0.15) is 25.0 Å². The molecule has 1 atom stereocenters. The molecule has 1 heterocycles. The maximum absolute atomic E-state index is 9.69. The lowest BCUT2D eigenvalue weighted by molar-refractivity contribution is 0.199. The largest absolute Gasteiger partial charge is 0.389 e. The summed E-state index contributed by atoms with van der Waals surface area (Å²) in [7, 11) is 0. The van der Waals surface area contributed by atoms with Crippen LogP contribution >= 0.6 is 0 Å². The molecule has 80 valence electrons. The van der Waals surface area contributed by atoms with Crippen molar-refractivity contribution in [3.8, 4) is 0 Å². The second-order valence-electron chi connectivity index (χ2n) is 3.94. The molecule has 0 aliphatic carbocycles. The van der Waals surface area contributed by atoms with Gasteiger partial charge >= 0.3 is 0 Å². The Balaban J connectivity index is 2.30. The van der Waals surface area contributed by atoms with Gasteiger partial charge in [-0.05, 0) is 19.4 Å². The molecule has 1 aliphatic heterocycles. The van der Waals surface area contributed by atoms with Crippen molar-refractivity contribution in [2.45, 2.75) is 19.4 Å². The highest BCUT2D eigenvalue weighted by atomic mass is 16.3. The first-order valence-electron chi connectivity index (χ1n) is 5.46. The van der Waals surface area contributed by atoms with E-state index in [9.17, 15) is 5.11 Å². The third-order valence-electron chi connectivity index (χ3n) is 2.79. The van der Waals surface area contributed by atoms with Crippen LogP contribution in [0.2, 0.25) is 0 Å². The summed E-state index contributed by atoms with van der Waals surface area (Å²) in [6.07, 6.45) is 5.09. The van der Waals surface area contributed by atoms with Gasteiger partial charge in [0, 0.05) is 24.3 Å². The summed E-state index contributed by atoms with van der Waals surface area (Å²) in [6.45, 7) is 3.81. The van der Waals surface area contributed by atoms with Crippen molar-refractivity contribution in [2.75, 3.05) is 18.0 Å². The number of benzene rings is 1. The zero-order valence-electron chi connectivity index (χ0n) is 9.06. The lowest BCUT2D eigenvalue weighted by Gasteiger charge is -2.28. The number of anilines is 1. The van der Waals surface area contributed by atoms with E-state index < -0.39 is 6.10 Å². The third kappa shape index (κ3) is 2.21. The molecule has 2 nitrogen and oxygen atoms in total. The van der Waals surface area contributed by atoms with Crippen LogP contribution in [0.3, 0.4) is 0 Å². The Hall–Kier alpha value is -1.28. The van der Waals surface area contributed by atoms with E-state index in [1.54, 1.807) is 0 Å². The molecule has 2 rings (SSSR count). The summed E-state index contributed by atoms with van der Waals surface area (Å²) in [5, 5.41) is 9.69. The first-order chi connectivity index (χ1) is 7.29. The minimum absolute atomic E-state index is 0.396. The van der Waals surface area contributed by atoms with E-state index in [0.717, 1.165) is 30.8 Å². The molecule has 15 heavy (non-hydrogen) atoms. The van der Waals surface area contributed by atoms with Gasteiger partial charge in [0.25, 0.3) is 0 Å². The van der Waals surface area contributed by atoms with Gasteiger partial charge < -0.3 is 10.0 Å². The summed E-state index contributed by atoms with van der Waals surface area (Å²) in [6, 6.07) is 8.09. The van der Waals surface area contributed by atoms with Crippen molar-refractivity contribution < 1.29 is 5.11 Å². The van der Waals surface area contributed by atoms with Crippen LogP contribution in [0.4, 0.5) is 5.69 Å². The molecule has 0 saturated carbocycles. The van der Waals surface area contributed by atoms with Gasteiger partial charge in [-0.2, -0.15) is 0 Å². The lowest BCUT2D eigenvalue weighted by Crippen LogP contribution is -2.27. The molecule has 1 aliphatic rings. The number of nitrogens with zero attached hydrogens (tertiary/aromatic N) is 1. The Labute approximate surface area is 90.8 Å². The zero-order valence-corrected chi connectivity index (χ0v) is 9.06. The Kier molecular flexibility index (Phi) is 3.07. The molecular weight excluding hydrogens is 186 g/mol. The third-order valence-corrected chi connectivity index (χ3v) is 2.79. The number of aliphatic hydroxyl groups is 1. The molecule has 0 amide bonds. The summed E-state index contributed by atoms with van der Waals surface area (Å²) >= 11 is 0. The van der Waals surface area contributed by atoms with Crippen molar-refractivity contribution in [1.29, 1.82) is 0 Å². The Morgan fingerprint density at radius 3 is 2.73 bits per heavy atom. The van der Waals surface area contributed by atoms with E-state index in [0.29, 0.717) is 0 Å². The van der Waals surface area contributed by atoms with Gasteiger partial charge in [-0.25, -0.2) is 0 Å². The first kappa shape index (κ1) is 10.2. The average molecular weight is 203 g/mol. The van der Waals surface area contributed by atoms with Gasteiger partial charge in [0.15, 0.2) is 0 Å². The van der Waals surface area contributed by atoms with Crippen molar-refractivity contribution in [3.63, 3.8) is 0 Å². The van der Waals surface area contributed by atoms with Gasteiger partial charge in [-0.1, -0.05) is 30.4 Å². The molecule has 0 bridgehead atoms. The van der Waals surface area contributed by atoms with E-state index >= 15 is 0 Å². The molecule has 0 saturated heterocycles. The molecule has 0 spiro atoms. The van der Waals surface area contributed by atoms with Crippen LogP contribution in [0.25, 0.3) is 0 Å². The number of hydrogen-bond donors (Lipinski definition) is 1. The quantitative estimate of drug-likeness (QED) is 0.746. The van der Waals surface area contributed by atoms with E-state index in [-0.39, 0.29) is 0 Å². The molecule has 0 fully saturated rings. The Bertz CT molecular complexity index is 357. The van der Waals surface area contributed by atoms with E-state index in [1.165, 1.54) is 0 Å². The maximum Gasteiger partial charge on any atom is 0.0781 e. The van der Waals surface area contributed by atoms with Crippen molar-refractivity contribution >= 4 is 5.69 Å². The minimum atomic E-state index is -0.396. The van der Waals surface area contributed by atoms with Gasteiger partial charge in [0.1, 0.15) is 0 Å². The maximum atomic E-state index is 9.69. The number of rotatable bonds is 2. The van der Waals surface area contributed by atoms with Gasteiger partial charge in [-0.3, -0.25) is 0 Å². The summed E-state index contributed by atoms with van der Waals surface area (Å²) in [5.41, 5.74) is 2.18. The molecule has 1 aromatic carbocycles. The van der Waals surface area contributed by atoms with Crippen LogP contribution < -0.4 is 4.90 Å². The van der Waals surface area contributed by atoms with E-state index in [1.807, 2.05) is 25.1 Å². The Morgan fingerprint density at radius 2 is 2.07 bits per heavy atom. The average Bonchev–Trinajstić information content (AvgIpc) is 2.30. The van der Waals surface area contributed by atoms with Crippen molar-refractivity contribution in [3.05, 3.63) is 42.0 Å². The topological polar surface area (TPSA) is 23.5 Å². The van der Waals surface area contributed by atoms with Crippen molar-refractivity contribution in [2.24, 2.45) is 0 Å². The smallest absolute Gasteiger partial charge is 0.0781 e. The fourth-order valence-electron chi connectivity index (χ4n) is 1.99. The highest BCUT2D eigenvalue weighted by molar-refractivity contribution is 5.55. The highest BCUT2D eigenvalue weighted by Gasteiger charge is 2.13. The normalized spacial score (nSPS) is 17.9. The molecule has 1 N–H and O–H groups in total. The van der Waals surface area contributed by atoms with Crippen molar-refractivity contribution in [1.82, 2.24) is 0 Å². The molecule has 0 aromatic heterocycles. The van der Waals surface area contributed by atoms with Gasteiger partial charge in [0.2, 0.25) is 0 Å². The van der Waals surface area contributed by atoms with Crippen LogP contribution in [-0.2, 0) is 0 Å². The summed E-state index contributed by atoms with van der Waals surface area (Å²) < 4.78 is 0. The standard InChI is InChI=1S/C13H17NO/c1-11(15)12-7-3-4-8-13(12)14-9-5-2-6-10-14/h2-5,7-8,11,15H,6,9-10H2,1H3/t11-/m1/s1. The molecule has 0 unspecified atom stereocenters. The van der Waals surface area contributed by atoms with Crippen LogP contribution in [-0.4, -0.2) is 18.2 Å². The highest BCUT2D eigenvalue weighted by Crippen LogP contribution is 2.27. The molecule has 0 radical (unpaired) electrons. The molecular formula is C13H17NO. The monoisotopic (exact) mass is 203 g/mol. The predicted octanol–water partition coefficient (Wildman–Crippen LogP) is 2.51. The lowest BCUT2D eigenvalue weighted by atomic mass is 10.1. The van der Waals surface area contributed by atoms with Gasteiger partial charge in [0.05, 0.1) is 6.10 Å². The van der Waals surface area contributed by atoms with Crippen LogP contribution in [0.5, 0.6) is 0 Å². The van der Waals surface area contributed by atoms with Gasteiger partial charge in [-0.15, -0.1) is 0 Å². The molecule has 2 heteroatoms. The summed E-state index contributed by atoms with van der Waals surface area (Å²) in [4.78, 5) is 2.31. The SMILES string of the molecule is C[C@@H](O)c1ccccc1N1CC=CCC1. The first-order valence-corrected chi connectivity index (χ1v) is 5.46. The van der Waals surface area contributed by atoms with E-state index in [2.05, 4.69) is 23.1 Å².